The van der Waals surface area contributed by atoms with Gasteiger partial charge in [-0.2, -0.15) is 5.10 Å². The number of hydrogen-bond acceptors (Lipinski definition) is 4. The van der Waals surface area contributed by atoms with Gasteiger partial charge >= 0.3 is 0 Å². The van der Waals surface area contributed by atoms with Crippen LogP contribution in [0.4, 0.5) is 0 Å². The van der Waals surface area contributed by atoms with E-state index in [4.69, 9.17) is 26.5 Å². The zero-order chi connectivity index (χ0) is 15.2. The van der Waals surface area contributed by atoms with Gasteiger partial charge in [0, 0.05) is 5.02 Å². The SMILES string of the molecule is Cc1cc(OCc2ccc(C=NNC(N)=S)o2)ccc1Cl. The summed E-state index contributed by atoms with van der Waals surface area (Å²) in [6.07, 6.45) is 1.48. The maximum absolute atomic E-state index is 5.96. The summed E-state index contributed by atoms with van der Waals surface area (Å²) in [6.45, 7) is 2.24. The van der Waals surface area contributed by atoms with Gasteiger partial charge in [-0.3, -0.25) is 5.43 Å². The molecule has 7 heteroatoms. The maximum Gasteiger partial charge on any atom is 0.184 e. The minimum absolute atomic E-state index is 0.0967. The van der Waals surface area contributed by atoms with E-state index in [1.165, 1.54) is 6.21 Å². The topological polar surface area (TPSA) is 72.8 Å². The van der Waals surface area contributed by atoms with E-state index in [-0.39, 0.29) is 5.11 Å². The molecule has 0 aliphatic rings. The third kappa shape index (κ3) is 4.77. The molecule has 1 heterocycles. The second-order valence-corrected chi connectivity index (χ2v) is 5.09. The zero-order valence-corrected chi connectivity index (χ0v) is 12.9. The average Bonchev–Trinajstić information content (AvgIpc) is 2.88. The standard InChI is InChI=1S/C14H14ClN3O2S/c1-9-6-10(4-5-13(9)15)19-8-12-3-2-11(20-12)7-17-18-14(16)21/h2-7H,8H2,1H3,(H3,16,18,21). The van der Waals surface area contributed by atoms with Crippen LogP contribution < -0.4 is 15.9 Å². The molecule has 0 saturated carbocycles. The molecule has 2 rings (SSSR count). The molecule has 0 bridgehead atoms. The fraction of sp³-hybridized carbons (Fsp3) is 0.143. The van der Waals surface area contributed by atoms with Crippen LogP contribution >= 0.6 is 23.8 Å². The van der Waals surface area contributed by atoms with Crippen molar-refractivity contribution in [2.45, 2.75) is 13.5 Å². The first-order chi connectivity index (χ1) is 10.0. The minimum Gasteiger partial charge on any atom is -0.486 e. The molecule has 21 heavy (non-hydrogen) atoms. The fourth-order valence-electron chi connectivity index (χ4n) is 1.56. The number of nitrogens with one attached hydrogen (secondary N) is 1. The van der Waals surface area contributed by atoms with Crippen LogP contribution in [0.3, 0.4) is 0 Å². The summed E-state index contributed by atoms with van der Waals surface area (Å²) in [5.74, 6) is 1.99. The van der Waals surface area contributed by atoms with Crippen LogP contribution in [0.2, 0.25) is 5.02 Å². The monoisotopic (exact) mass is 323 g/mol. The van der Waals surface area contributed by atoms with Gasteiger partial charge in [0.05, 0.1) is 6.21 Å². The van der Waals surface area contributed by atoms with Crippen molar-refractivity contribution in [2.24, 2.45) is 10.8 Å². The highest BCUT2D eigenvalue weighted by Crippen LogP contribution is 2.22. The summed E-state index contributed by atoms with van der Waals surface area (Å²) in [6, 6.07) is 9.07. The smallest absolute Gasteiger partial charge is 0.184 e. The third-order valence-electron chi connectivity index (χ3n) is 2.56. The molecule has 3 N–H and O–H groups in total. The number of halogens is 1. The van der Waals surface area contributed by atoms with Gasteiger partial charge in [-0.15, -0.1) is 0 Å². The number of furan rings is 1. The number of aryl methyl sites for hydroxylation is 1. The molecule has 0 aliphatic carbocycles. The first-order valence-electron chi connectivity index (χ1n) is 6.11. The zero-order valence-electron chi connectivity index (χ0n) is 11.3. The number of hydrazone groups is 1. The Balaban J connectivity index is 1.91. The van der Waals surface area contributed by atoms with Crippen molar-refractivity contribution in [1.29, 1.82) is 0 Å². The lowest BCUT2D eigenvalue weighted by molar-refractivity contribution is 0.269. The van der Waals surface area contributed by atoms with Crippen molar-refractivity contribution in [1.82, 2.24) is 5.43 Å². The van der Waals surface area contributed by atoms with Crippen LogP contribution in [-0.4, -0.2) is 11.3 Å². The summed E-state index contributed by atoms with van der Waals surface area (Å²) in [4.78, 5) is 0. The van der Waals surface area contributed by atoms with Crippen LogP contribution in [-0.2, 0) is 6.61 Å². The van der Waals surface area contributed by atoms with Crippen molar-refractivity contribution < 1.29 is 9.15 Å². The van der Waals surface area contributed by atoms with Crippen LogP contribution in [0.5, 0.6) is 5.75 Å². The normalized spacial score (nSPS) is 10.8. The van der Waals surface area contributed by atoms with Crippen LogP contribution in [0, 0.1) is 6.92 Å². The van der Waals surface area contributed by atoms with E-state index in [1.54, 1.807) is 12.1 Å². The quantitative estimate of drug-likeness (QED) is 0.503. The Morgan fingerprint density at radius 3 is 3.00 bits per heavy atom. The molecule has 1 aromatic heterocycles. The first kappa shape index (κ1) is 15.3. The number of thiocarbonyl (C=S) groups is 1. The molecule has 0 atom stereocenters. The van der Waals surface area contributed by atoms with Crippen LogP contribution in [0.15, 0.2) is 39.9 Å². The summed E-state index contributed by atoms with van der Waals surface area (Å²) >= 11 is 10.6. The summed E-state index contributed by atoms with van der Waals surface area (Å²) in [5, 5.41) is 4.61. The Kier molecular flexibility index (Phi) is 5.19. The molecular formula is C14H14ClN3O2S. The largest absolute Gasteiger partial charge is 0.486 e. The van der Waals surface area contributed by atoms with E-state index in [2.05, 4.69) is 22.7 Å². The fourth-order valence-corrected chi connectivity index (χ4v) is 1.73. The molecular weight excluding hydrogens is 310 g/mol. The van der Waals surface area contributed by atoms with Crippen molar-refractivity contribution >= 4 is 35.1 Å². The number of ether oxygens (including phenoxy) is 1. The number of rotatable bonds is 5. The molecule has 0 unspecified atom stereocenters. The number of hydrogen-bond donors (Lipinski definition) is 2. The predicted molar refractivity (Wildman–Crippen MR) is 86.7 cm³/mol. The molecule has 1 aromatic carbocycles. The van der Waals surface area contributed by atoms with Gasteiger partial charge in [-0.1, -0.05) is 11.6 Å². The van der Waals surface area contributed by atoms with E-state index < -0.39 is 0 Å². The summed E-state index contributed by atoms with van der Waals surface area (Å²) < 4.78 is 11.1. The Labute approximate surface area is 132 Å². The van der Waals surface area contributed by atoms with Crippen molar-refractivity contribution in [2.75, 3.05) is 0 Å². The molecule has 5 nitrogen and oxygen atoms in total. The van der Waals surface area contributed by atoms with Crippen molar-refractivity contribution in [3.63, 3.8) is 0 Å². The Hall–Kier alpha value is -2.05. The van der Waals surface area contributed by atoms with Crippen molar-refractivity contribution in [3.8, 4) is 5.75 Å². The summed E-state index contributed by atoms with van der Waals surface area (Å²) in [5.41, 5.74) is 8.65. The molecule has 0 spiro atoms. The third-order valence-corrected chi connectivity index (χ3v) is 3.07. The van der Waals surface area contributed by atoms with Gasteiger partial charge in [0.25, 0.3) is 0 Å². The summed E-state index contributed by atoms with van der Waals surface area (Å²) in [7, 11) is 0. The molecule has 0 saturated heterocycles. The Morgan fingerprint density at radius 2 is 2.29 bits per heavy atom. The highest BCUT2D eigenvalue weighted by Gasteiger charge is 2.03. The van der Waals surface area contributed by atoms with Crippen molar-refractivity contribution in [3.05, 3.63) is 52.4 Å². The first-order valence-corrected chi connectivity index (χ1v) is 6.89. The van der Waals surface area contributed by atoms with E-state index in [9.17, 15) is 0 Å². The van der Waals surface area contributed by atoms with Gasteiger partial charge in [0.1, 0.15) is 23.9 Å². The molecule has 0 amide bonds. The number of benzene rings is 1. The Bertz CT molecular complexity index is 670. The highest BCUT2D eigenvalue weighted by atomic mass is 35.5. The average molecular weight is 324 g/mol. The number of nitrogens with two attached hydrogens (primary N) is 1. The minimum atomic E-state index is 0.0967. The second-order valence-electron chi connectivity index (χ2n) is 4.24. The van der Waals surface area contributed by atoms with E-state index in [0.29, 0.717) is 23.2 Å². The second kappa shape index (κ2) is 7.10. The highest BCUT2D eigenvalue weighted by molar-refractivity contribution is 7.80. The molecule has 110 valence electrons. The lowest BCUT2D eigenvalue weighted by atomic mass is 10.2. The van der Waals surface area contributed by atoms with Gasteiger partial charge in [0.2, 0.25) is 0 Å². The van der Waals surface area contributed by atoms with Crippen LogP contribution in [0.25, 0.3) is 0 Å². The van der Waals surface area contributed by atoms with Gasteiger partial charge < -0.3 is 14.9 Å². The molecule has 0 aliphatic heterocycles. The predicted octanol–water partition coefficient (Wildman–Crippen LogP) is 2.99. The van der Waals surface area contributed by atoms with Gasteiger partial charge in [0.15, 0.2) is 5.11 Å². The lowest BCUT2D eigenvalue weighted by Gasteiger charge is -2.05. The maximum atomic E-state index is 5.96. The lowest BCUT2D eigenvalue weighted by Crippen LogP contribution is -2.23. The molecule has 0 radical (unpaired) electrons. The van der Waals surface area contributed by atoms with Gasteiger partial charge in [-0.05, 0) is 55.0 Å². The van der Waals surface area contributed by atoms with E-state index in [1.807, 2.05) is 25.1 Å². The number of nitrogens with zero attached hydrogens (tertiary/aromatic N) is 1. The Morgan fingerprint density at radius 1 is 1.48 bits per heavy atom. The molecule has 0 fully saturated rings. The van der Waals surface area contributed by atoms with E-state index >= 15 is 0 Å². The van der Waals surface area contributed by atoms with Crippen LogP contribution in [0.1, 0.15) is 17.1 Å². The van der Waals surface area contributed by atoms with E-state index in [0.717, 1.165) is 11.3 Å². The molecule has 2 aromatic rings. The van der Waals surface area contributed by atoms with Gasteiger partial charge in [-0.25, -0.2) is 0 Å².